The molecule has 0 heterocycles. The minimum absolute atomic E-state index is 0.0591. The number of carbonyl (C=O) groups is 1. The van der Waals surface area contributed by atoms with E-state index in [4.69, 9.17) is 23.2 Å². The molecule has 0 aliphatic heterocycles. The number of aromatic hydroxyl groups is 1. The standard InChI is InChI=1S/C20H16Cl2N2O4S/c21-14-3-6-16(7-4-14)24-29(27,28)17-8-1-13(2-9-17)12-23-20(26)18-11-15(22)5-10-19(18)25/h1-11,24-25H,12H2,(H,23,26). The van der Waals surface area contributed by atoms with Gasteiger partial charge in [-0.3, -0.25) is 9.52 Å². The molecule has 1 amide bonds. The first-order valence-corrected chi connectivity index (χ1v) is 10.6. The molecule has 0 saturated carbocycles. The Kier molecular flexibility index (Phi) is 6.32. The Morgan fingerprint density at radius 3 is 2.17 bits per heavy atom. The lowest BCUT2D eigenvalue weighted by atomic mass is 10.1. The summed E-state index contributed by atoms with van der Waals surface area (Å²) in [6.45, 7) is 0.149. The molecule has 6 nitrogen and oxygen atoms in total. The number of hydrogen-bond acceptors (Lipinski definition) is 4. The third-order valence-electron chi connectivity index (χ3n) is 3.99. The molecule has 3 aromatic carbocycles. The van der Waals surface area contributed by atoms with Gasteiger partial charge in [-0.25, -0.2) is 8.42 Å². The SMILES string of the molecule is O=C(NCc1ccc(S(=O)(=O)Nc2ccc(Cl)cc2)cc1)c1cc(Cl)ccc1O. The van der Waals surface area contributed by atoms with Gasteiger partial charge in [-0.1, -0.05) is 35.3 Å². The fourth-order valence-corrected chi connectivity index (χ4v) is 3.84. The second-order valence-corrected chi connectivity index (χ2v) is 8.66. The lowest BCUT2D eigenvalue weighted by molar-refractivity contribution is 0.0948. The van der Waals surface area contributed by atoms with Crippen LogP contribution in [0.1, 0.15) is 15.9 Å². The van der Waals surface area contributed by atoms with Crippen LogP contribution in [0.15, 0.2) is 71.6 Å². The highest BCUT2D eigenvalue weighted by Gasteiger charge is 2.15. The maximum Gasteiger partial charge on any atom is 0.261 e. The lowest BCUT2D eigenvalue weighted by Crippen LogP contribution is -2.23. The molecule has 0 radical (unpaired) electrons. The number of halogens is 2. The van der Waals surface area contributed by atoms with Gasteiger partial charge in [0.1, 0.15) is 5.75 Å². The summed E-state index contributed by atoms with van der Waals surface area (Å²) in [5, 5.41) is 13.3. The summed E-state index contributed by atoms with van der Waals surface area (Å²) in [4.78, 5) is 12.3. The summed E-state index contributed by atoms with van der Waals surface area (Å²) in [6.07, 6.45) is 0. The molecule has 3 N–H and O–H groups in total. The topological polar surface area (TPSA) is 95.5 Å². The average molecular weight is 451 g/mol. The number of anilines is 1. The van der Waals surface area contributed by atoms with Gasteiger partial charge in [0.15, 0.2) is 0 Å². The van der Waals surface area contributed by atoms with Crippen LogP contribution < -0.4 is 10.0 Å². The van der Waals surface area contributed by atoms with E-state index in [0.29, 0.717) is 21.3 Å². The van der Waals surface area contributed by atoms with E-state index < -0.39 is 15.9 Å². The number of hydrogen-bond donors (Lipinski definition) is 3. The van der Waals surface area contributed by atoms with E-state index in [-0.39, 0.29) is 22.8 Å². The molecule has 0 fully saturated rings. The highest BCUT2D eigenvalue weighted by Crippen LogP contribution is 2.22. The third-order valence-corrected chi connectivity index (χ3v) is 5.87. The van der Waals surface area contributed by atoms with Gasteiger partial charge >= 0.3 is 0 Å². The maximum atomic E-state index is 12.5. The molecule has 0 spiro atoms. The zero-order chi connectivity index (χ0) is 21.0. The fraction of sp³-hybridized carbons (Fsp3) is 0.0500. The Morgan fingerprint density at radius 1 is 0.897 bits per heavy atom. The number of benzene rings is 3. The van der Waals surface area contributed by atoms with Crippen molar-refractivity contribution in [2.45, 2.75) is 11.4 Å². The van der Waals surface area contributed by atoms with Crippen molar-refractivity contribution in [1.82, 2.24) is 5.32 Å². The number of rotatable bonds is 6. The van der Waals surface area contributed by atoms with Crippen LogP contribution in [0, 0.1) is 0 Å². The molecule has 3 aromatic rings. The highest BCUT2D eigenvalue weighted by atomic mass is 35.5. The molecule has 0 aliphatic rings. The van der Waals surface area contributed by atoms with Gasteiger partial charge in [0.05, 0.1) is 10.5 Å². The highest BCUT2D eigenvalue weighted by molar-refractivity contribution is 7.92. The van der Waals surface area contributed by atoms with Crippen LogP contribution in [0.5, 0.6) is 5.75 Å². The van der Waals surface area contributed by atoms with Crippen LogP contribution in [0.2, 0.25) is 10.0 Å². The maximum absolute atomic E-state index is 12.5. The molecular formula is C20H16Cl2N2O4S. The molecule has 0 aromatic heterocycles. The van der Waals surface area contributed by atoms with Crippen molar-refractivity contribution in [2.75, 3.05) is 4.72 Å². The van der Waals surface area contributed by atoms with Gasteiger partial charge in [-0.05, 0) is 60.2 Å². The van der Waals surface area contributed by atoms with Gasteiger partial charge in [0.25, 0.3) is 15.9 Å². The van der Waals surface area contributed by atoms with E-state index in [2.05, 4.69) is 10.0 Å². The molecule has 0 aliphatic carbocycles. The Bertz CT molecular complexity index is 1130. The molecule has 0 bridgehead atoms. The zero-order valence-corrected chi connectivity index (χ0v) is 17.2. The van der Waals surface area contributed by atoms with Crippen molar-refractivity contribution in [3.63, 3.8) is 0 Å². The van der Waals surface area contributed by atoms with Crippen molar-refractivity contribution in [3.05, 3.63) is 87.9 Å². The smallest absolute Gasteiger partial charge is 0.261 e. The number of sulfonamides is 1. The Morgan fingerprint density at radius 2 is 1.52 bits per heavy atom. The molecule has 0 saturated heterocycles. The molecular weight excluding hydrogens is 435 g/mol. The number of carbonyl (C=O) groups excluding carboxylic acids is 1. The Balaban J connectivity index is 1.66. The normalized spacial score (nSPS) is 11.1. The first-order valence-electron chi connectivity index (χ1n) is 8.39. The molecule has 150 valence electrons. The van der Waals surface area contributed by atoms with Gasteiger partial charge in [0, 0.05) is 22.3 Å². The summed E-state index contributed by atoms with van der Waals surface area (Å²) < 4.78 is 27.4. The van der Waals surface area contributed by atoms with Crippen molar-refractivity contribution in [3.8, 4) is 5.75 Å². The molecule has 0 atom stereocenters. The Hall–Kier alpha value is -2.74. The van der Waals surface area contributed by atoms with Crippen molar-refractivity contribution < 1.29 is 18.3 Å². The minimum atomic E-state index is -3.76. The number of amides is 1. The van der Waals surface area contributed by atoms with E-state index >= 15 is 0 Å². The summed E-state index contributed by atoms with van der Waals surface area (Å²) in [5.74, 6) is -0.673. The molecule has 0 unspecified atom stereocenters. The summed E-state index contributed by atoms with van der Waals surface area (Å²) >= 11 is 11.6. The van der Waals surface area contributed by atoms with Crippen LogP contribution in [0.4, 0.5) is 5.69 Å². The molecule has 29 heavy (non-hydrogen) atoms. The van der Waals surface area contributed by atoms with Gasteiger partial charge < -0.3 is 10.4 Å². The van der Waals surface area contributed by atoms with Crippen LogP contribution in [-0.2, 0) is 16.6 Å². The summed E-state index contributed by atoms with van der Waals surface area (Å²) in [7, 11) is -3.76. The summed E-state index contributed by atoms with van der Waals surface area (Å²) in [5.41, 5.74) is 1.14. The third kappa shape index (κ3) is 5.41. The van der Waals surface area contributed by atoms with E-state index in [1.54, 1.807) is 36.4 Å². The second kappa shape index (κ2) is 8.73. The number of nitrogens with one attached hydrogen (secondary N) is 2. The molecule has 9 heteroatoms. The fourth-order valence-electron chi connectivity index (χ4n) is 2.49. The van der Waals surface area contributed by atoms with E-state index in [0.717, 1.165) is 0 Å². The van der Waals surface area contributed by atoms with Crippen molar-refractivity contribution in [2.24, 2.45) is 0 Å². The first-order chi connectivity index (χ1) is 13.7. The van der Waals surface area contributed by atoms with Gasteiger partial charge in [-0.15, -0.1) is 0 Å². The average Bonchev–Trinajstić information content (AvgIpc) is 2.70. The van der Waals surface area contributed by atoms with E-state index in [9.17, 15) is 18.3 Å². The quantitative estimate of drug-likeness (QED) is 0.517. The number of phenolic OH excluding ortho intramolecular Hbond substituents is 1. The van der Waals surface area contributed by atoms with Gasteiger partial charge in [0.2, 0.25) is 0 Å². The van der Waals surface area contributed by atoms with Crippen LogP contribution in [-0.4, -0.2) is 19.4 Å². The van der Waals surface area contributed by atoms with Gasteiger partial charge in [-0.2, -0.15) is 0 Å². The zero-order valence-electron chi connectivity index (χ0n) is 14.9. The Labute approximate surface area is 178 Å². The van der Waals surface area contributed by atoms with Crippen LogP contribution in [0.25, 0.3) is 0 Å². The predicted molar refractivity (Wildman–Crippen MR) is 113 cm³/mol. The minimum Gasteiger partial charge on any atom is -0.507 e. The monoisotopic (exact) mass is 450 g/mol. The lowest BCUT2D eigenvalue weighted by Gasteiger charge is -2.10. The number of phenols is 1. The van der Waals surface area contributed by atoms with E-state index in [1.807, 2.05) is 0 Å². The second-order valence-electron chi connectivity index (χ2n) is 6.10. The van der Waals surface area contributed by atoms with Crippen molar-refractivity contribution in [1.29, 1.82) is 0 Å². The van der Waals surface area contributed by atoms with Crippen molar-refractivity contribution >= 4 is 44.8 Å². The summed E-state index contributed by atoms with van der Waals surface area (Å²) in [6, 6.07) is 16.5. The predicted octanol–water partition coefficient (Wildman–Crippen LogP) is 4.43. The van der Waals surface area contributed by atoms with Crippen LogP contribution in [0.3, 0.4) is 0 Å². The largest absolute Gasteiger partial charge is 0.507 e. The molecule has 3 rings (SSSR count). The van der Waals surface area contributed by atoms with E-state index in [1.165, 1.54) is 30.3 Å². The van der Waals surface area contributed by atoms with Crippen LogP contribution >= 0.6 is 23.2 Å². The first kappa shape index (κ1) is 21.0.